The van der Waals surface area contributed by atoms with Gasteiger partial charge in [-0.25, -0.2) is 0 Å². The minimum absolute atomic E-state index is 0. The molecule has 0 bridgehead atoms. The summed E-state index contributed by atoms with van der Waals surface area (Å²) in [5, 5.41) is 11.9. The van der Waals surface area contributed by atoms with E-state index in [-0.39, 0.29) is 42.7 Å². The number of aromatic nitrogens is 4. The van der Waals surface area contributed by atoms with E-state index < -0.39 is 0 Å². The van der Waals surface area contributed by atoms with Crippen molar-refractivity contribution in [3.8, 4) is 0 Å². The Labute approximate surface area is 219 Å². The summed E-state index contributed by atoms with van der Waals surface area (Å²) < 4.78 is 1.94. The van der Waals surface area contributed by atoms with Gasteiger partial charge in [0.25, 0.3) is 5.78 Å². The van der Waals surface area contributed by atoms with E-state index >= 15 is 0 Å². The van der Waals surface area contributed by atoms with E-state index in [9.17, 15) is 0 Å². The van der Waals surface area contributed by atoms with Crippen LogP contribution >= 0.6 is 37.2 Å². The van der Waals surface area contributed by atoms with Gasteiger partial charge in [0.05, 0.1) is 0 Å². The molecule has 3 aromatic rings. The number of nitrogens with zero attached hydrogens (tertiary/aromatic N) is 6. The number of benzene rings is 1. The smallest absolute Gasteiger partial charge is 0.256 e. The lowest BCUT2D eigenvalue weighted by molar-refractivity contribution is 0.477. The largest absolute Gasteiger partial charge is 0.412 e. The van der Waals surface area contributed by atoms with Gasteiger partial charge in [0.15, 0.2) is 5.82 Å². The van der Waals surface area contributed by atoms with E-state index in [1.54, 1.807) is 0 Å². The Morgan fingerprint density at radius 2 is 1.50 bits per heavy atom. The van der Waals surface area contributed by atoms with Crippen molar-refractivity contribution in [1.29, 1.82) is 0 Å². The van der Waals surface area contributed by atoms with E-state index in [2.05, 4.69) is 64.6 Å². The van der Waals surface area contributed by atoms with Gasteiger partial charge in [0.1, 0.15) is 11.6 Å². The van der Waals surface area contributed by atoms with Gasteiger partial charge in [-0.3, -0.25) is 0 Å². The second-order valence-electron chi connectivity index (χ2n) is 8.48. The fourth-order valence-corrected chi connectivity index (χ4v) is 4.40. The minimum Gasteiger partial charge on any atom is -0.412 e. The Hall–Kier alpha value is -1.88. The molecule has 0 spiro atoms. The summed E-state index contributed by atoms with van der Waals surface area (Å²) in [6, 6.07) is 13.5. The molecule has 2 unspecified atom stereocenters. The lowest BCUT2D eigenvalue weighted by atomic mass is 10.1. The number of hydrogen-bond donors (Lipinski definition) is 2. The summed E-state index contributed by atoms with van der Waals surface area (Å²) in [4.78, 5) is 14.5. The molecular formula is C22H35Cl3N8O. The van der Waals surface area contributed by atoms with Crippen molar-refractivity contribution in [2.75, 3.05) is 49.1 Å². The highest BCUT2D eigenvalue weighted by molar-refractivity contribution is 5.86. The molecule has 190 valence electrons. The zero-order valence-electron chi connectivity index (χ0n) is 19.5. The highest BCUT2D eigenvalue weighted by atomic mass is 35.5. The normalized spacial score (nSPS) is 19.9. The molecule has 5 rings (SSSR count). The summed E-state index contributed by atoms with van der Waals surface area (Å²) in [7, 11) is 0. The van der Waals surface area contributed by atoms with Crippen LogP contribution < -0.4 is 20.4 Å². The third-order valence-electron chi connectivity index (χ3n) is 5.91. The Morgan fingerprint density at radius 3 is 2.15 bits per heavy atom. The molecule has 4 heterocycles. The molecule has 34 heavy (non-hydrogen) atoms. The summed E-state index contributed by atoms with van der Waals surface area (Å²) in [5.41, 5.74) is 1.21. The van der Waals surface area contributed by atoms with Crippen LogP contribution in [0.5, 0.6) is 0 Å². The highest BCUT2D eigenvalue weighted by Gasteiger charge is 2.24. The van der Waals surface area contributed by atoms with Crippen molar-refractivity contribution < 1.29 is 5.48 Å². The number of anilines is 2. The number of hydrogen-bond acceptors (Lipinski definition) is 7. The predicted molar refractivity (Wildman–Crippen MR) is 145 cm³/mol. The fourth-order valence-electron chi connectivity index (χ4n) is 4.40. The van der Waals surface area contributed by atoms with Gasteiger partial charge in [0.2, 0.25) is 0 Å². The summed E-state index contributed by atoms with van der Waals surface area (Å²) in [6.45, 7) is 10.2. The number of fused-ring (bicyclic) bond motifs is 1. The fraction of sp³-hybridized carbons (Fsp3) is 0.500. The maximum absolute atomic E-state index is 4.92. The molecule has 12 heteroatoms. The molecule has 4 N–H and O–H groups in total. The average molecular weight is 534 g/mol. The summed E-state index contributed by atoms with van der Waals surface area (Å²) in [5.74, 6) is 3.58. The van der Waals surface area contributed by atoms with Crippen molar-refractivity contribution in [1.82, 2.24) is 30.2 Å². The van der Waals surface area contributed by atoms with Crippen LogP contribution in [0.2, 0.25) is 0 Å². The molecular weight excluding hydrogens is 499 g/mol. The molecule has 0 saturated carbocycles. The molecule has 2 aromatic heterocycles. The number of halogens is 3. The molecule has 9 nitrogen and oxygen atoms in total. The van der Waals surface area contributed by atoms with Gasteiger partial charge in [-0.1, -0.05) is 30.3 Å². The molecule has 2 aliphatic heterocycles. The van der Waals surface area contributed by atoms with Crippen LogP contribution in [0.1, 0.15) is 25.2 Å². The van der Waals surface area contributed by atoms with Gasteiger partial charge in [-0.15, -0.1) is 42.3 Å². The second kappa shape index (κ2) is 13.3. The van der Waals surface area contributed by atoms with Crippen molar-refractivity contribution in [3.05, 3.63) is 47.8 Å². The molecule has 0 aliphatic carbocycles. The molecule has 2 atom stereocenters. The number of rotatable bonds is 4. The van der Waals surface area contributed by atoms with Gasteiger partial charge in [0, 0.05) is 63.8 Å². The molecule has 2 saturated heterocycles. The first kappa shape index (κ1) is 30.2. The van der Waals surface area contributed by atoms with Crippen molar-refractivity contribution in [2.24, 2.45) is 0 Å². The minimum atomic E-state index is 0. The zero-order chi connectivity index (χ0) is 20.5. The monoisotopic (exact) mass is 532 g/mol. The molecule has 2 aliphatic rings. The van der Waals surface area contributed by atoms with Gasteiger partial charge >= 0.3 is 0 Å². The first-order chi connectivity index (χ1) is 14.7. The number of nitrogens with one attached hydrogen (secondary N) is 2. The van der Waals surface area contributed by atoms with Crippen molar-refractivity contribution in [2.45, 2.75) is 32.4 Å². The maximum Gasteiger partial charge on any atom is 0.256 e. The topological polar surface area (TPSA) is 105 Å². The van der Waals surface area contributed by atoms with Crippen molar-refractivity contribution in [3.63, 3.8) is 0 Å². The second-order valence-corrected chi connectivity index (χ2v) is 8.48. The Bertz CT molecular complexity index is 1020. The summed E-state index contributed by atoms with van der Waals surface area (Å²) >= 11 is 0. The van der Waals surface area contributed by atoms with Crippen LogP contribution in [-0.4, -0.2) is 76.4 Å². The average Bonchev–Trinajstić information content (AvgIpc) is 3.16. The van der Waals surface area contributed by atoms with Gasteiger partial charge in [-0.05, 0) is 19.4 Å². The van der Waals surface area contributed by atoms with Gasteiger partial charge in [-0.2, -0.15) is 14.5 Å². The Balaban J connectivity index is 0.00000144. The van der Waals surface area contributed by atoms with Crippen molar-refractivity contribution >= 4 is 54.6 Å². The van der Waals surface area contributed by atoms with E-state index in [0.717, 1.165) is 56.7 Å². The van der Waals surface area contributed by atoms with Crippen LogP contribution in [0.15, 0.2) is 36.4 Å². The lowest BCUT2D eigenvalue weighted by Crippen LogP contribution is -2.50. The molecule has 1 aromatic carbocycles. The van der Waals surface area contributed by atoms with Crippen LogP contribution in [-0.2, 0) is 6.42 Å². The van der Waals surface area contributed by atoms with E-state index in [0.29, 0.717) is 24.3 Å². The lowest BCUT2D eigenvalue weighted by Gasteiger charge is -2.35. The molecule has 0 amide bonds. The van der Waals surface area contributed by atoms with E-state index in [1.807, 2.05) is 10.6 Å². The summed E-state index contributed by atoms with van der Waals surface area (Å²) in [6.07, 6.45) is 0.710. The van der Waals surface area contributed by atoms with Crippen LogP contribution in [0.25, 0.3) is 5.78 Å². The van der Waals surface area contributed by atoms with Crippen LogP contribution in [0.4, 0.5) is 11.6 Å². The zero-order valence-corrected chi connectivity index (χ0v) is 21.9. The third kappa shape index (κ3) is 6.62. The third-order valence-corrected chi connectivity index (χ3v) is 5.91. The maximum atomic E-state index is 4.92. The quantitative estimate of drug-likeness (QED) is 0.526. The standard InChI is InChI=1S/C22H30N8.3ClH.H2O/c1-16-14-28(10-8-23-16)20-13-21(29-11-9-24-17(2)15-29)30-22(26-20)25-19(27-30)12-18-6-4-3-5-7-18;;;;/h3-7,13,16-17,23-24H,8-12,14-15H2,1-2H3;3*1H;1H2. The van der Waals surface area contributed by atoms with Crippen LogP contribution in [0.3, 0.4) is 0 Å². The molecule has 2 fully saturated rings. The van der Waals surface area contributed by atoms with Gasteiger partial charge < -0.3 is 25.9 Å². The van der Waals surface area contributed by atoms with Crippen LogP contribution in [0, 0.1) is 0 Å². The Morgan fingerprint density at radius 1 is 0.882 bits per heavy atom. The Kier molecular flexibility index (Phi) is 11.8. The first-order valence-corrected chi connectivity index (χ1v) is 10.9. The highest BCUT2D eigenvalue weighted by Crippen LogP contribution is 2.24. The molecule has 0 radical (unpaired) electrons. The predicted octanol–water partition coefficient (Wildman–Crippen LogP) is 1.75. The first-order valence-electron chi connectivity index (χ1n) is 10.9. The SMILES string of the molecule is CC1CN(c2cc(N3CCNC(C)C3)n3nc(Cc4ccccc4)nc3n2)CCN1.Cl.Cl.Cl.O. The van der Waals surface area contributed by atoms with E-state index in [1.165, 1.54) is 5.56 Å². The number of piperazine rings is 2. The van der Waals surface area contributed by atoms with E-state index in [4.69, 9.17) is 15.1 Å².